The highest BCUT2D eigenvalue weighted by molar-refractivity contribution is 7.92. The third-order valence-electron chi connectivity index (χ3n) is 13.7. The molecule has 3 atom stereocenters. The molecule has 19 heteroatoms. The number of hydrogen-bond acceptors (Lipinski definition) is 14. The molecule has 7 rings (SSSR count). The number of aromatic nitrogens is 3. The number of para-hydroxylation sites is 1. The third-order valence-corrected chi connectivity index (χ3v) is 17.1. The number of likely N-dealkylation sites (tertiary alicyclic amines) is 2. The molecule has 0 aliphatic carbocycles. The van der Waals surface area contributed by atoms with Gasteiger partial charge in [-0.3, -0.25) is 14.4 Å². The van der Waals surface area contributed by atoms with E-state index >= 15 is 0 Å². The van der Waals surface area contributed by atoms with Gasteiger partial charge in [-0.25, -0.2) is 18.4 Å². The highest BCUT2D eigenvalue weighted by Crippen LogP contribution is 2.39. The van der Waals surface area contributed by atoms with E-state index in [1.165, 1.54) is 16.7 Å². The first-order chi connectivity index (χ1) is 35.1. The van der Waals surface area contributed by atoms with Gasteiger partial charge in [-0.15, -0.1) is 11.3 Å². The molecule has 2 saturated heterocycles. The third kappa shape index (κ3) is 14.0. The van der Waals surface area contributed by atoms with Crippen molar-refractivity contribution in [2.24, 2.45) is 5.41 Å². The van der Waals surface area contributed by atoms with Crippen LogP contribution in [0.3, 0.4) is 0 Å². The molecule has 2 aliphatic rings. The van der Waals surface area contributed by atoms with Crippen molar-refractivity contribution in [3.05, 3.63) is 99.8 Å². The van der Waals surface area contributed by atoms with Gasteiger partial charge in [0, 0.05) is 25.9 Å². The summed E-state index contributed by atoms with van der Waals surface area (Å²) in [6, 6.07) is 17.0. The van der Waals surface area contributed by atoms with E-state index in [4.69, 9.17) is 16.3 Å². The van der Waals surface area contributed by atoms with Crippen LogP contribution in [0.1, 0.15) is 115 Å². The molecule has 3 unspecified atom stereocenters. The number of aliphatic hydroxyl groups excluding tert-OH is 1. The van der Waals surface area contributed by atoms with Crippen LogP contribution in [-0.4, -0.2) is 112 Å². The summed E-state index contributed by atoms with van der Waals surface area (Å²) in [5, 5.41) is 22.7. The standard InChI is InChI=1S/C55H72ClN9O7S2/c1-33(2)72-46-28-41(35(5)26-44(46)61-54-58-30-42(56)51(63-54)60-43-14-10-11-15-47(43)74(70,71)34(3)4)38-21-24-64(25-22-38)23-13-12-16-48(67)62-50(55(7,8)9)53(69)65-31-40(66)27-45(65)52(68)57-29-37-17-19-39(20-18-37)49-36(6)59-32-73-49/h10-11,14-15,17-20,26,28,30,32-34,38,40,45,50,66H,12-13,16,21-25,27,29,31H2,1-9H3,(H,57,68)(H,62,67)(H2,58,60,61,63). The molecule has 3 amide bonds. The van der Waals surface area contributed by atoms with E-state index in [2.05, 4.69) is 60.2 Å². The smallest absolute Gasteiger partial charge is 0.246 e. The number of thiazole rings is 1. The number of ether oxygens (including phenoxy) is 1. The molecule has 2 fully saturated rings. The number of β-amino-alcohol motifs (C(OH)–C–C–N with tert-alkyl or cyclic N) is 1. The lowest BCUT2D eigenvalue weighted by Gasteiger charge is -2.35. The Kier molecular flexibility index (Phi) is 18.4. The van der Waals surface area contributed by atoms with Gasteiger partial charge in [0.25, 0.3) is 0 Å². The van der Waals surface area contributed by atoms with Crippen LogP contribution in [0, 0.1) is 19.3 Å². The van der Waals surface area contributed by atoms with Crippen molar-refractivity contribution in [1.82, 2.24) is 35.4 Å². The van der Waals surface area contributed by atoms with Crippen molar-refractivity contribution in [3.8, 4) is 16.2 Å². The van der Waals surface area contributed by atoms with Crippen molar-refractivity contribution < 1.29 is 32.6 Å². The molecule has 4 heterocycles. The van der Waals surface area contributed by atoms with E-state index in [9.17, 15) is 27.9 Å². The number of sulfone groups is 1. The molecule has 5 aromatic rings. The second kappa shape index (κ2) is 24.3. The number of anilines is 4. The summed E-state index contributed by atoms with van der Waals surface area (Å²) in [4.78, 5) is 59.7. The van der Waals surface area contributed by atoms with Crippen LogP contribution in [-0.2, 0) is 30.8 Å². The normalized spacial score (nSPS) is 17.1. The average molecular weight is 1070 g/mol. The second-order valence-electron chi connectivity index (χ2n) is 21.1. The monoisotopic (exact) mass is 1070 g/mol. The number of halogens is 1. The first-order valence-electron chi connectivity index (χ1n) is 25.6. The van der Waals surface area contributed by atoms with Gasteiger partial charge >= 0.3 is 0 Å². The number of hydrogen-bond donors (Lipinski definition) is 5. The van der Waals surface area contributed by atoms with E-state index in [-0.39, 0.29) is 71.4 Å². The molecular formula is C55H72ClN9O7S2. The first-order valence-corrected chi connectivity index (χ1v) is 28.4. The summed E-state index contributed by atoms with van der Waals surface area (Å²) in [5.41, 5.74) is 7.47. The van der Waals surface area contributed by atoms with Crippen LogP contribution < -0.4 is 26.0 Å². The highest BCUT2D eigenvalue weighted by Gasteiger charge is 2.44. The van der Waals surface area contributed by atoms with Crippen LogP contribution in [0.25, 0.3) is 10.4 Å². The van der Waals surface area contributed by atoms with Gasteiger partial charge in [-0.1, -0.05) is 68.8 Å². The van der Waals surface area contributed by atoms with Crippen molar-refractivity contribution in [2.45, 2.75) is 148 Å². The Morgan fingerprint density at radius 2 is 1.66 bits per heavy atom. The molecule has 0 radical (unpaired) electrons. The maximum Gasteiger partial charge on any atom is 0.246 e. The molecule has 2 aromatic heterocycles. The number of piperidine rings is 1. The number of amides is 3. The van der Waals surface area contributed by atoms with Crippen LogP contribution in [0.4, 0.5) is 23.1 Å². The van der Waals surface area contributed by atoms with Gasteiger partial charge < -0.3 is 40.9 Å². The van der Waals surface area contributed by atoms with E-state index in [1.54, 1.807) is 49.4 Å². The Labute approximate surface area is 445 Å². The van der Waals surface area contributed by atoms with E-state index < -0.39 is 38.7 Å². The number of nitrogens with zero attached hydrogens (tertiary/aromatic N) is 5. The summed E-state index contributed by atoms with van der Waals surface area (Å²) in [5.74, 6) is 0.547. The van der Waals surface area contributed by atoms with Crippen LogP contribution in [0.15, 0.2) is 77.3 Å². The van der Waals surface area contributed by atoms with Gasteiger partial charge in [0.1, 0.15) is 22.9 Å². The SMILES string of the molecule is Cc1cc(Nc2ncc(Cl)c(Nc3ccccc3S(=O)(=O)C(C)C)n2)c(OC(C)C)cc1C1CCN(CCCCC(=O)NC(C(=O)N2CC(O)CC2C(=O)NCc2ccc(-c3scnc3C)cc2)C(C)(C)C)CC1. The quantitative estimate of drug-likeness (QED) is 0.0461. The van der Waals surface area contributed by atoms with Gasteiger partial charge in [-0.2, -0.15) is 4.98 Å². The van der Waals surface area contributed by atoms with Crippen LogP contribution in [0.2, 0.25) is 5.02 Å². The first kappa shape index (κ1) is 56.1. The Bertz CT molecular complexity index is 2880. The van der Waals surface area contributed by atoms with Gasteiger partial charge in [0.05, 0.1) is 56.0 Å². The Hall–Kier alpha value is -5.66. The molecule has 2 aliphatic heterocycles. The van der Waals surface area contributed by atoms with Crippen LogP contribution >= 0.6 is 22.9 Å². The number of carbonyl (C=O) groups excluding carboxylic acids is 3. The molecular weight excluding hydrogens is 998 g/mol. The molecule has 5 N–H and O–H groups in total. The fraction of sp³-hybridized carbons (Fsp3) is 0.491. The van der Waals surface area contributed by atoms with E-state index in [1.807, 2.05) is 71.3 Å². The van der Waals surface area contributed by atoms with Gasteiger partial charge in [0.15, 0.2) is 15.7 Å². The van der Waals surface area contributed by atoms with Crippen molar-refractivity contribution in [3.63, 3.8) is 0 Å². The molecule has 16 nitrogen and oxygen atoms in total. The number of carbonyl (C=O) groups is 3. The predicted octanol–water partition coefficient (Wildman–Crippen LogP) is 9.49. The molecule has 0 spiro atoms. The van der Waals surface area contributed by atoms with Crippen LogP contribution in [0.5, 0.6) is 5.75 Å². The molecule has 3 aromatic carbocycles. The fourth-order valence-electron chi connectivity index (χ4n) is 9.53. The molecule has 398 valence electrons. The number of benzene rings is 3. The lowest BCUT2D eigenvalue weighted by molar-refractivity contribution is -0.144. The van der Waals surface area contributed by atoms with Crippen molar-refractivity contribution >= 4 is 73.6 Å². The number of nitrogens with one attached hydrogen (secondary N) is 4. The maximum absolute atomic E-state index is 14.2. The van der Waals surface area contributed by atoms with Gasteiger partial charge in [-0.05, 0) is 145 Å². The Morgan fingerprint density at radius 1 is 0.946 bits per heavy atom. The van der Waals surface area contributed by atoms with Crippen molar-refractivity contribution in [2.75, 3.05) is 36.8 Å². The van der Waals surface area contributed by atoms with E-state index in [0.29, 0.717) is 29.5 Å². The predicted molar refractivity (Wildman–Crippen MR) is 293 cm³/mol. The average Bonchev–Trinajstić information content (AvgIpc) is 3.98. The van der Waals surface area contributed by atoms with Gasteiger partial charge in [0.2, 0.25) is 23.7 Å². The second-order valence-corrected chi connectivity index (χ2v) is 24.9. The fourth-order valence-corrected chi connectivity index (χ4v) is 11.7. The zero-order valence-corrected chi connectivity index (χ0v) is 46.4. The number of rotatable bonds is 20. The summed E-state index contributed by atoms with van der Waals surface area (Å²) in [7, 11) is -3.59. The Morgan fingerprint density at radius 3 is 2.32 bits per heavy atom. The summed E-state index contributed by atoms with van der Waals surface area (Å²) in [6.07, 6.45) is 4.27. The molecule has 74 heavy (non-hydrogen) atoms. The summed E-state index contributed by atoms with van der Waals surface area (Å²) < 4.78 is 32.6. The highest BCUT2D eigenvalue weighted by atomic mass is 35.5. The van der Waals surface area contributed by atoms with E-state index in [0.717, 1.165) is 66.2 Å². The zero-order chi connectivity index (χ0) is 53.5. The minimum Gasteiger partial charge on any atom is -0.489 e. The Balaban J connectivity index is 0.895. The minimum atomic E-state index is -3.59. The topological polar surface area (TPSA) is 208 Å². The lowest BCUT2D eigenvalue weighted by Crippen LogP contribution is -2.57. The molecule has 0 saturated carbocycles. The molecule has 0 bridgehead atoms. The summed E-state index contributed by atoms with van der Waals surface area (Å²) in [6.45, 7) is 19.9. The van der Waals surface area contributed by atoms with Crippen molar-refractivity contribution in [1.29, 1.82) is 0 Å². The summed E-state index contributed by atoms with van der Waals surface area (Å²) >= 11 is 8.12. The lowest BCUT2D eigenvalue weighted by atomic mass is 9.85. The zero-order valence-electron chi connectivity index (χ0n) is 44.0. The number of aliphatic hydroxyl groups is 1. The largest absolute Gasteiger partial charge is 0.489 e. The minimum absolute atomic E-state index is 0.0154. The maximum atomic E-state index is 14.2. The number of unbranched alkanes of at least 4 members (excludes halogenated alkanes) is 1. The number of aryl methyl sites for hydroxylation is 2.